The van der Waals surface area contributed by atoms with Crippen molar-refractivity contribution in [2.75, 3.05) is 0 Å². The van der Waals surface area contributed by atoms with Crippen LogP contribution >= 0.6 is 0 Å². The highest BCUT2D eigenvalue weighted by molar-refractivity contribution is 4.89. The van der Waals surface area contributed by atoms with Crippen LogP contribution in [0.5, 0.6) is 0 Å². The Morgan fingerprint density at radius 2 is 1.73 bits per heavy atom. The highest BCUT2D eigenvalue weighted by Crippen LogP contribution is 2.17. The fourth-order valence-electron chi connectivity index (χ4n) is 1.07. The number of rotatable bonds is 0. The normalized spacial score (nSPS) is 52.6. The van der Waals surface area contributed by atoms with Crippen LogP contribution in [0.4, 0.5) is 0 Å². The third kappa shape index (κ3) is 1.52. The van der Waals surface area contributed by atoms with Crippen LogP contribution in [0.3, 0.4) is 0 Å². The van der Waals surface area contributed by atoms with E-state index in [2.05, 4.69) is 0 Å². The van der Waals surface area contributed by atoms with Crippen molar-refractivity contribution in [1.82, 2.24) is 0 Å². The summed E-state index contributed by atoms with van der Waals surface area (Å²) in [6.45, 7) is 1.63. The number of ether oxygens (including phenoxy) is 1. The highest BCUT2D eigenvalue weighted by Gasteiger charge is 2.39. The molecule has 5 heteroatoms. The Morgan fingerprint density at radius 1 is 1.18 bits per heavy atom. The van der Waals surface area contributed by atoms with E-state index in [0.717, 1.165) is 0 Å². The summed E-state index contributed by atoms with van der Waals surface area (Å²) in [5.74, 6) is 0. The minimum Gasteiger partial charge on any atom is -0.388 e. The lowest BCUT2D eigenvalue weighted by molar-refractivity contribution is -0.249. The number of aliphatic hydroxyl groups is 3. The Bertz CT molecular complexity index is 129. The number of hydrogen-bond acceptors (Lipinski definition) is 5. The number of hydrogen-bond donors (Lipinski definition) is 4. The fourth-order valence-corrected chi connectivity index (χ4v) is 1.07. The van der Waals surface area contributed by atoms with Gasteiger partial charge in [-0.05, 0) is 6.92 Å². The van der Waals surface area contributed by atoms with Crippen LogP contribution < -0.4 is 5.73 Å². The second-order valence-corrected chi connectivity index (χ2v) is 2.79. The molecular weight excluding hydrogens is 150 g/mol. The second kappa shape index (κ2) is 3.04. The minimum absolute atomic E-state index is 0.441. The predicted octanol–water partition coefficient (Wildman–Crippen LogP) is -2.23. The molecule has 0 bridgehead atoms. The zero-order chi connectivity index (χ0) is 8.59. The zero-order valence-corrected chi connectivity index (χ0v) is 6.21. The molecule has 0 spiro atoms. The van der Waals surface area contributed by atoms with Gasteiger partial charge in [-0.1, -0.05) is 0 Å². The van der Waals surface area contributed by atoms with E-state index in [0.29, 0.717) is 0 Å². The summed E-state index contributed by atoms with van der Waals surface area (Å²) in [4.78, 5) is 0. The molecule has 0 aliphatic carbocycles. The quantitative estimate of drug-likeness (QED) is 0.324. The van der Waals surface area contributed by atoms with Gasteiger partial charge in [0.1, 0.15) is 12.2 Å². The van der Waals surface area contributed by atoms with Crippen LogP contribution in [0.2, 0.25) is 0 Å². The molecule has 5 nitrogen and oxygen atoms in total. The molecule has 5 atom stereocenters. The third-order valence-electron chi connectivity index (χ3n) is 1.93. The third-order valence-corrected chi connectivity index (χ3v) is 1.93. The first-order valence-electron chi connectivity index (χ1n) is 3.49. The Hall–Kier alpha value is -0.200. The zero-order valence-electron chi connectivity index (χ0n) is 6.21. The van der Waals surface area contributed by atoms with Crippen molar-refractivity contribution in [1.29, 1.82) is 0 Å². The lowest BCUT2D eigenvalue weighted by atomic mass is 9.98. The van der Waals surface area contributed by atoms with Crippen molar-refractivity contribution in [2.45, 2.75) is 37.6 Å². The van der Waals surface area contributed by atoms with Gasteiger partial charge in [0.25, 0.3) is 0 Å². The van der Waals surface area contributed by atoms with Crippen molar-refractivity contribution in [2.24, 2.45) is 5.73 Å². The molecule has 1 saturated heterocycles. The first-order chi connectivity index (χ1) is 5.04. The van der Waals surface area contributed by atoms with Gasteiger partial charge in [-0.25, -0.2) is 0 Å². The molecule has 0 amide bonds. The van der Waals surface area contributed by atoms with E-state index in [1.54, 1.807) is 6.92 Å². The smallest absolute Gasteiger partial charge is 0.183 e. The molecular formula is C6H13NO4. The maximum atomic E-state index is 9.17. The minimum atomic E-state index is -1.33. The molecule has 1 aliphatic rings. The largest absolute Gasteiger partial charge is 0.388 e. The topological polar surface area (TPSA) is 95.9 Å². The Morgan fingerprint density at radius 3 is 2.27 bits per heavy atom. The SMILES string of the molecule is C[C@H]1O[C@@H](O)[C@H](O)[C@H](O)[C@@H]1N. The first-order valence-corrected chi connectivity index (χ1v) is 3.49. The highest BCUT2D eigenvalue weighted by atomic mass is 16.6. The van der Waals surface area contributed by atoms with Crippen molar-refractivity contribution >= 4 is 0 Å². The molecule has 11 heavy (non-hydrogen) atoms. The summed E-state index contributed by atoms with van der Waals surface area (Å²) in [6.07, 6.45) is -4.20. The molecule has 1 fully saturated rings. The van der Waals surface area contributed by atoms with Crippen LogP contribution in [-0.2, 0) is 4.74 Å². The standard InChI is InChI=1S/C6H13NO4/c1-2-3(7)4(8)5(9)6(10)11-2/h2-6,8-10H,7H2,1H3/t2-,3-,4-,5-,6-/m1/s1. The molecule has 66 valence electrons. The lowest BCUT2D eigenvalue weighted by Crippen LogP contribution is -2.60. The van der Waals surface area contributed by atoms with Gasteiger partial charge in [0, 0.05) is 0 Å². The average Bonchev–Trinajstić information content (AvgIpc) is 1.97. The van der Waals surface area contributed by atoms with Gasteiger partial charge in [0.15, 0.2) is 6.29 Å². The molecule has 0 radical (unpaired) electrons. The maximum absolute atomic E-state index is 9.17. The van der Waals surface area contributed by atoms with E-state index < -0.39 is 30.6 Å². The van der Waals surface area contributed by atoms with Crippen molar-refractivity contribution < 1.29 is 20.1 Å². The molecule has 1 aliphatic heterocycles. The van der Waals surface area contributed by atoms with E-state index >= 15 is 0 Å². The monoisotopic (exact) mass is 163 g/mol. The average molecular weight is 163 g/mol. The molecule has 0 aromatic heterocycles. The molecule has 0 aromatic rings. The van der Waals surface area contributed by atoms with Gasteiger partial charge in [-0.2, -0.15) is 0 Å². The summed E-state index contributed by atoms with van der Waals surface area (Å²) in [5, 5.41) is 27.1. The van der Waals surface area contributed by atoms with Gasteiger partial charge in [0.05, 0.1) is 12.1 Å². The van der Waals surface area contributed by atoms with Crippen molar-refractivity contribution in [3.8, 4) is 0 Å². The van der Waals surface area contributed by atoms with Crippen LogP contribution in [0, 0.1) is 0 Å². The summed E-state index contributed by atoms with van der Waals surface area (Å²) >= 11 is 0. The van der Waals surface area contributed by atoms with E-state index in [4.69, 9.17) is 20.7 Å². The molecule has 1 rings (SSSR count). The van der Waals surface area contributed by atoms with Gasteiger partial charge in [-0.3, -0.25) is 0 Å². The summed E-state index contributed by atoms with van der Waals surface area (Å²) in [5.41, 5.74) is 5.43. The van der Waals surface area contributed by atoms with Crippen molar-refractivity contribution in [3.63, 3.8) is 0 Å². The lowest BCUT2D eigenvalue weighted by Gasteiger charge is -2.37. The molecule has 0 aromatic carbocycles. The van der Waals surface area contributed by atoms with E-state index in [1.165, 1.54) is 0 Å². The summed E-state index contributed by atoms with van der Waals surface area (Å²) < 4.78 is 4.80. The molecule has 0 unspecified atom stereocenters. The molecule has 1 heterocycles. The second-order valence-electron chi connectivity index (χ2n) is 2.79. The summed E-state index contributed by atoms with van der Waals surface area (Å²) in [7, 11) is 0. The van der Waals surface area contributed by atoms with Crippen LogP contribution in [0.1, 0.15) is 6.92 Å². The van der Waals surface area contributed by atoms with E-state index in [1.807, 2.05) is 0 Å². The number of nitrogens with two attached hydrogens (primary N) is 1. The van der Waals surface area contributed by atoms with Gasteiger partial charge >= 0.3 is 0 Å². The van der Waals surface area contributed by atoms with Crippen LogP contribution in [0.15, 0.2) is 0 Å². The van der Waals surface area contributed by atoms with E-state index in [-0.39, 0.29) is 0 Å². The first kappa shape index (κ1) is 8.89. The fraction of sp³-hybridized carbons (Fsp3) is 1.00. The van der Waals surface area contributed by atoms with Gasteiger partial charge in [0.2, 0.25) is 0 Å². The molecule has 5 N–H and O–H groups in total. The Balaban J connectivity index is 2.63. The predicted molar refractivity (Wildman–Crippen MR) is 36.5 cm³/mol. The number of aliphatic hydroxyl groups excluding tert-OH is 3. The van der Waals surface area contributed by atoms with E-state index in [9.17, 15) is 5.11 Å². The van der Waals surface area contributed by atoms with Crippen LogP contribution in [0.25, 0.3) is 0 Å². The van der Waals surface area contributed by atoms with Crippen molar-refractivity contribution in [3.05, 3.63) is 0 Å². The van der Waals surface area contributed by atoms with Gasteiger partial charge in [-0.15, -0.1) is 0 Å². The van der Waals surface area contributed by atoms with Crippen LogP contribution in [-0.4, -0.2) is 46.0 Å². The molecule has 0 saturated carbocycles. The summed E-state index contributed by atoms with van der Waals surface area (Å²) in [6, 6.07) is -0.645. The maximum Gasteiger partial charge on any atom is 0.183 e. The Kier molecular flexibility index (Phi) is 2.46. The Labute approximate surface area is 64.4 Å². The van der Waals surface area contributed by atoms with Gasteiger partial charge < -0.3 is 25.8 Å².